The molecule has 0 aliphatic carbocycles. The Labute approximate surface area is 178 Å². The Bertz CT molecular complexity index is 395. The fourth-order valence-corrected chi connectivity index (χ4v) is 3.26. The molecule has 1 N–H and O–H groups in total. The number of hydrogen-bond acceptors (Lipinski definition) is 5. The first-order valence-electron chi connectivity index (χ1n) is 12.0. The van der Waals surface area contributed by atoms with Gasteiger partial charge in [0.05, 0.1) is 6.61 Å². The van der Waals surface area contributed by atoms with Crippen LogP contribution in [0.3, 0.4) is 0 Å². The predicted octanol–water partition coefficient (Wildman–Crippen LogP) is 6.10. The van der Waals surface area contributed by atoms with Crippen molar-refractivity contribution in [3.63, 3.8) is 0 Å². The second-order valence-corrected chi connectivity index (χ2v) is 8.23. The van der Waals surface area contributed by atoms with E-state index < -0.39 is 24.1 Å². The van der Waals surface area contributed by atoms with Gasteiger partial charge in [0.25, 0.3) is 0 Å². The van der Waals surface area contributed by atoms with Crippen LogP contribution in [0.1, 0.15) is 124 Å². The number of ether oxygens (including phenoxy) is 2. The first-order chi connectivity index (χ1) is 14.0. The van der Waals surface area contributed by atoms with Gasteiger partial charge in [0.15, 0.2) is 6.10 Å². The van der Waals surface area contributed by atoms with Gasteiger partial charge in [0.1, 0.15) is 6.10 Å². The summed E-state index contributed by atoms with van der Waals surface area (Å²) in [6.45, 7) is 5.38. The summed E-state index contributed by atoms with van der Waals surface area (Å²) in [5.74, 6) is -1.36. The Morgan fingerprint density at radius 3 is 1.41 bits per heavy atom. The molecule has 0 unspecified atom stereocenters. The van der Waals surface area contributed by atoms with E-state index in [4.69, 9.17) is 14.6 Å². The first-order valence-corrected chi connectivity index (χ1v) is 12.0. The largest absolute Gasteiger partial charge is 0.463 e. The second-order valence-electron chi connectivity index (χ2n) is 8.23. The molecule has 0 saturated heterocycles. The lowest BCUT2D eigenvalue weighted by molar-refractivity contribution is -0.171. The lowest BCUT2D eigenvalue weighted by Crippen LogP contribution is -2.30. The molecule has 0 spiro atoms. The van der Waals surface area contributed by atoms with Crippen LogP contribution in [0.25, 0.3) is 0 Å². The van der Waals surface area contributed by atoms with E-state index in [1.54, 1.807) is 0 Å². The average Bonchev–Trinajstić information content (AvgIpc) is 2.69. The van der Waals surface area contributed by atoms with Crippen LogP contribution in [0.4, 0.5) is 0 Å². The standard InChI is InChI=1S/C24H46O5/c1-4-5-6-7-8-9-10-11-12-13-14-15-16-17-18-19-20-28-24(27)22(3)29-23(26)21(2)25/h21-22,25H,4-20H2,1-3H3/t21-,22-/m1/s1. The zero-order valence-corrected chi connectivity index (χ0v) is 19.3. The van der Waals surface area contributed by atoms with Crippen LogP contribution in [0.5, 0.6) is 0 Å². The van der Waals surface area contributed by atoms with Gasteiger partial charge in [-0.2, -0.15) is 0 Å². The first kappa shape index (κ1) is 27.9. The van der Waals surface area contributed by atoms with E-state index in [1.165, 1.54) is 104 Å². The average molecular weight is 415 g/mol. The fraction of sp³-hybridized carbons (Fsp3) is 0.917. The van der Waals surface area contributed by atoms with E-state index in [2.05, 4.69) is 6.92 Å². The lowest BCUT2D eigenvalue weighted by atomic mass is 10.0. The molecule has 0 bridgehead atoms. The van der Waals surface area contributed by atoms with Crippen molar-refractivity contribution in [1.29, 1.82) is 0 Å². The van der Waals surface area contributed by atoms with E-state index in [0.29, 0.717) is 6.61 Å². The summed E-state index contributed by atoms with van der Waals surface area (Å²) < 4.78 is 9.90. The van der Waals surface area contributed by atoms with Crippen LogP contribution in [0, 0.1) is 0 Å². The molecule has 0 rings (SSSR count). The molecule has 0 radical (unpaired) electrons. The van der Waals surface area contributed by atoms with Crippen LogP contribution in [-0.2, 0) is 19.1 Å². The van der Waals surface area contributed by atoms with Gasteiger partial charge in [-0.3, -0.25) is 0 Å². The Kier molecular flexibility index (Phi) is 19.4. The highest BCUT2D eigenvalue weighted by Gasteiger charge is 2.21. The topological polar surface area (TPSA) is 72.8 Å². The Morgan fingerprint density at radius 2 is 1.03 bits per heavy atom. The van der Waals surface area contributed by atoms with Gasteiger partial charge in [-0.05, 0) is 20.3 Å². The highest BCUT2D eigenvalue weighted by Crippen LogP contribution is 2.13. The van der Waals surface area contributed by atoms with Crippen LogP contribution < -0.4 is 0 Å². The SMILES string of the molecule is CCCCCCCCCCCCCCCCCCOC(=O)[C@@H](C)OC(=O)[C@@H](C)O. The van der Waals surface area contributed by atoms with Crippen molar-refractivity contribution in [2.75, 3.05) is 6.61 Å². The van der Waals surface area contributed by atoms with Gasteiger partial charge < -0.3 is 14.6 Å². The van der Waals surface area contributed by atoms with Gasteiger partial charge in [0, 0.05) is 0 Å². The number of carbonyl (C=O) groups is 2. The smallest absolute Gasteiger partial charge is 0.347 e. The van der Waals surface area contributed by atoms with Crippen LogP contribution in [-0.4, -0.2) is 35.9 Å². The van der Waals surface area contributed by atoms with E-state index in [9.17, 15) is 9.59 Å². The maximum absolute atomic E-state index is 11.7. The van der Waals surface area contributed by atoms with E-state index in [1.807, 2.05) is 0 Å². The quantitative estimate of drug-likeness (QED) is 0.192. The molecular formula is C24H46O5. The monoisotopic (exact) mass is 414 g/mol. The minimum atomic E-state index is -1.23. The Morgan fingerprint density at radius 1 is 0.655 bits per heavy atom. The van der Waals surface area contributed by atoms with Crippen molar-refractivity contribution in [3.8, 4) is 0 Å². The van der Waals surface area contributed by atoms with Crippen molar-refractivity contribution in [2.24, 2.45) is 0 Å². The third kappa shape index (κ3) is 18.7. The minimum absolute atomic E-state index is 0.355. The second kappa shape index (κ2) is 20.2. The van der Waals surface area contributed by atoms with Gasteiger partial charge in [-0.1, -0.05) is 103 Å². The molecule has 0 saturated carbocycles. The number of carbonyl (C=O) groups excluding carboxylic acids is 2. The van der Waals surface area contributed by atoms with Crippen LogP contribution in [0.15, 0.2) is 0 Å². The maximum atomic E-state index is 11.7. The number of esters is 2. The summed E-state index contributed by atoms with van der Waals surface area (Å²) in [5, 5.41) is 9.06. The Balaban J connectivity index is 3.29. The van der Waals surface area contributed by atoms with Gasteiger partial charge in [0.2, 0.25) is 0 Å². The molecular weight excluding hydrogens is 368 g/mol. The molecule has 0 aromatic carbocycles. The molecule has 0 aliphatic heterocycles. The summed E-state index contributed by atoms with van der Waals surface area (Å²) in [6.07, 6.45) is 18.6. The zero-order valence-electron chi connectivity index (χ0n) is 19.3. The molecule has 0 aromatic heterocycles. The minimum Gasteiger partial charge on any atom is -0.463 e. The van der Waals surface area contributed by atoms with Crippen molar-refractivity contribution >= 4 is 11.9 Å². The molecule has 0 aliphatic rings. The number of unbranched alkanes of at least 4 members (excludes halogenated alkanes) is 15. The molecule has 172 valence electrons. The molecule has 0 amide bonds. The Hall–Kier alpha value is -1.10. The third-order valence-corrected chi connectivity index (χ3v) is 5.21. The van der Waals surface area contributed by atoms with E-state index in [-0.39, 0.29) is 0 Å². The molecule has 5 nitrogen and oxygen atoms in total. The van der Waals surface area contributed by atoms with Crippen molar-refractivity contribution in [2.45, 2.75) is 136 Å². The van der Waals surface area contributed by atoms with Gasteiger partial charge in [-0.25, -0.2) is 9.59 Å². The summed E-state index contributed by atoms with van der Waals surface area (Å²) in [5.41, 5.74) is 0. The molecule has 29 heavy (non-hydrogen) atoms. The molecule has 5 heteroatoms. The summed E-state index contributed by atoms with van der Waals surface area (Å²) in [7, 11) is 0. The highest BCUT2D eigenvalue weighted by atomic mass is 16.6. The molecule has 0 heterocycles. The van der Waals surface area contributed by atoms with Crippen LogP contribution in [0.2, 0.25) is 0 Å². The zero-order chi connectivity index (χ0) is 21.7. The predicted molar refractivity (Wildman–Crippen MR) is 118 cm³/mol. The third-order valence-electron chi connectivity index (χ3n) is 5.21. The van der Waals surface area contributed by atoms with Crippen molar-refractivity contribution in [1.82, 2.24) is 0 Å². The van der Waals surface area contributed by atoms with Crippen molar-refractivity contribution in [3.05, 3.63) is 0 Å². The lowest BCUT2D eigenvalue weighted by Gasteiger charge is -2.13. The number of aliphatic hydroxyl groups excluding tert-OH is 1. The van der Waals surface area contributed by atoms with Gasteiger partial charge >= 0.3 is 11.9 Å². The molecule has 2 atom stereocenters. The normalized spacial score (nSPS) is 13.1. The highest BCUT2D eigenvalue weighted by molar-refractivity contribution is 5.80. The number of aliphatic hydroxyl groups is 1. The molecule has 0 aromatic rings. The maximum Gasteiger partial charge on any atom is 0.347 e. The number of rotatable bonds is 20. The summed E-state index contributed by atoms with van der Waals surface area (Å²) in [6, 6.07) is 0. The van der Waals surface area contributed by atoms with E-state index in [0.717, 1.165) is 12.8 Å². The fourth-order valence-electron chi connectivity index (χ4n) is 3.26. The van der Waals surface area contributed by atoms with Crippen LogP contribution >= 0.6 is 0 Å². The van der Waals surface area contributed by atoms with Gasteiger partial charge in [-0.15, -0.1) is 0 Å². The summed E-state index contributed by atoms with van der Waals surface area (Å²) >= 11 is 0. The van der Waals surface area contributed by atoms with Crippen molar-refractivity contribution < 1.29 is 24.2 Å². The summed E-state index contributed by atoms with van der Waals surface area (Å²) in [4.78, 5) is 22.9. The molecule has 0 fully saturated rings. The number of hydrogen-bond donors (Lipinski definition) is 1. The van der Waals surface area contributed by atoms with E-state index >= 15 is 0 Å².